The number of hydrogen-bond donors (Lipinski definition) is 2. The Kier molecular flexibility index (Phi) is 7.75. The fourth-order valence-corrected chi connectivity index (χ4v) is 2.24. The monoisotopic (exact) mass is 353 g/mol. The van der Waals surface area contributed by atoms with Crippen LogP contribution in [0.25, 0.3) is 0 Å². The molecule has 4 nitrogen and oxygen atoms in total. The van der Waals surface area contributed by atoms with Crippen molar-refractivity contribution in [3.8, 4) is 11.5 Å². The second-order valence-corrected chi connectivity index (χ2v) is 5.01. The van der Waals surface area contributed by atoms with E-state index in [4.69, 9.17) is 0 Å². The van der Waals surface area contributed by atoms with Crippen LogP contribution in [0.4, 0.5) is 0 Å². The summed E-state index contributed by atoms with van der Waals surface area (Å²) in [7, 11) is 0. The van der Waals surface area contributed by atoms with Gasteiger partial charge in [-0.1, -0.05) is 0 Å². The summed E-state index contributed by atoms with van der Waals surface area (Å²) in [4.78, 5) is 0. The first kappa shape index (κ1) is 17.4. The van der Waals surface area contributed by atoms with Gasteiger partial charge in [-0.2, -0.15) is 0 Å². The standard InChI is InChI=1S/C16H20N2O2.BrH/c19-15-7-5-11-17(13-15)9-3-1-2-4-10-18-12-6-8-16(20)14-18;/h5-8,11-14H,1-4,9-10H2;1H/p+1. The van der Waals surface area contributed by atoms with Gasteiger partial charge in [0, 0.05) is 25.0 Å². The van der Waals surface area contributed by atoms with E-state index >= 15 is 0 Å². The minimum Gasteiger partial charge on any atom is -1.00 e. The Labute approximate surface area is 136 Å². The van der Waals surface area contributed by atoms with Crippen molar-refractivity contribution in [3.63, 3.8) is 0 Å². The number of pyridine rings is 2. The van der Waals surface area contributed by atoms with Gasteiger partial charge >= 0.3 is 0 Å². The highest BCUT2D eigenvalue weighted by Crippen LogP contribution is 2.04. The summed E-state index contributed by atoms with van der Waals surface area (Å²) in [5, 5.41) is 18.7. The molecule has 0 aliphatic rings. The lowest BCUT2D eigenvalue weighted by Crippen LogP contribution is -3.00. The van der Waals surface area contributed by atoms with E-state index in [0.29, 0.717) is 11.5 Å². The molecule has 2 aromatic heterocycles. The molecule has 114 valence electrons. The molecule has 0 atom stereocenters. The molecular formula is C16H22BrN2O2+. The molecule has 2 heterocycles. The van der Waals surface area contributed by atoms with Gasteiger partial charge < -0.3 is 27.2 Å². The minimum atomic E-state index is 0. The first-order valence-corrected chi connectivity index (χ1v) is 7.10. The molecule has 0 fully saturated rings. The molecule has 0 aliphatic carbocycles. The first-order chi connectivity index (χ1) is 9.74. The van der Waals surface area contributed by atoms with Gasteiger partial charge in [0.25, 0.3) is 0 Å². The Hall–Kier alpha value is -1.62. The van der Waals surface area contributed by atoms with Gasteiger partial charge in [-0.15, -0.1) is 0 Å². The van der Waals surface area contributed by atoms with E-state index < -0.39 is 0 Å². The molecule has 0 radical (unpaired) electrons. The van der Waals surface area contributed by atoms with E-state index in [2.05, 4.69) is 0 Å². The molecule has 0 spiro atoms. The molecule has 0 saturated heterocycles. The van der Waals surface area contributed by atoms with Crippen LogP contribution in [0.3, 0.4) is 0 Å². The van der Waals surface area contributed by atoms with Gasteiger partial charge in [-0.3, -0.25) is 0 Å². The zero-order valence-electron chi connectivity index (χ0n) is 12.0. The quantitative estimate of drug-likeness (QED) is 0.492. The topological polar surface area (TPSA) is 48.2 Å². The van der Waals surface area contributed by atoms with E-state index in [1.807, 2.05) is 33.7 Å². The number of rotatable bonds is 7. The van der Waals surface area contributed by atoms with E-state index in [1.165, 1.54) is 12.8 Å². The number of aromatic hydroxyl groups is 2. The largest absolute Gasteiger partial charge is 1.00 e. The third-order valence-corrected chi connectivity index (χ3v) is 3.27. The molecule has 2 rings (SSSR count). The molecule has 0 aliphatic heterocycles. The van der Waals surface area contributed by atoms with E-state index in [0.717, 1.165) is 25.9 Å². The smallest absolute Gasteiger partial charge is 0.210 e. The zero-order chi connectivity index (χ0) is 14.2. The van der Waals surface area contributed by atoms with Crippen molar-refractivity contribution < 1.29 is 36.3 Å². The highest BCUT2D eigenvalue weighted by molar-refractivity contribution is 5.09. The van der Waals surface area contributed by atoms with Gasteiger partial charge in [0.15, 0.2) is 23.9 Å². The molecule has 0 amide bonds. The molecule has 2 N–H and O–H groups in total. The molecule has 5 heteroatoms. The Morgan fingerprint density at radius 2 is 1.14 bits per heavy atom. The van der Waals surface area contributed by atoms with Crippen molar-refractivity contribution in [3.05, 3.63) is 49.1 Å². The van der Waals surface area contributed by atoms with Crippen molar-refractivity contribution >= 4 is 0 Å². The van der Waals surface area contributed by atoms with Crippen molar-refractivity contribution in [2.24, 2.45) is 0 Å². The van der Waals surface area contributed by atoms with Crippen LogP contribution in [0.1, 0.15) is 25.7 Å². The number of hydrogen-bond acceptors (Lipinski definition) is 2. The summed E-state index contributed by atoms with van der Waals surface area (Å²) in [6.45, 7) is 1.88. The lowest BCUT2D eigenvalue weighted by Gasteiger charge is -1.99. The summed E-state index contributed by atoms with van der Waals surface area (Å²) in [6.07, 6.45) is 12.0. The highest BCUT2D eigenvalue weighted by Gasteiger charge is 2.03. The number of nitrogens with zero attached hydrogens (tertiary/aromatic N) is 2. The lowest BCUT2D eigenvalue weighted by atomic mass is 10.2. The Morgan fingerprint density at radius 1 is 0.714 bits per heavy atom. The third kappa shape index (κ3) is 6.58. The molecule has 0 aromatic carbocycles. The van der Waals surface area contributed by atoms with Gasteiger partial charge in [-0.25, -0.2) is 9.13 Å². The second kappa shape index (κ2) is 9.34. The average Bonchev–Trinajstić information content (AvgIpc) is 2.43. The van der Waals surface area contributed by atoms with Gasteiger partial charge in [-0.05, 0) is 25.0 Å². The van der Waals surface area contributed by atoms with E-state index in [1.54, 1.807) is 24.5 Å². The van der Waals surface area contributed by atoms with Crippen molar-refractivity contribution in [2.45, 2.75) is 38.8 Å². The number of halogens is 1. The summed E-state index contributed by atoms with van der Waals surface area (Å²) >= 11 is 0. The van der Waals surface area contributed by atoms with Crippen LogP contribution in [0.5, 0.6) is 11.5 Å². The summed E-state index contributed by atoms with van der Waals surface area (Å²) in [6, 6.07) is 7.08. The minimum absolute atomic E-state index is 0. The van der Waals surface area contributed by atoms with Crippen LogP contribution in [0.15, 0.2) is 49.1 Å². The van der Waals surface area contributed by atoms with Gasteiger partial charge in [0.2, 0.25) is 12.4 Å². The molecule has 0 unspecified atom stereocenters. The molecule has 21 heavy (non-hydrogen) atoms. The maximum absolute atomic E-state index is 9.36. The lowest BCUT2D eigenvalue weighted by molar-refractivity contribution is -0.699. The van der Waals surface area contributed by atoms with Crippen LogP contribution in [-0.4, -0.2) is 10.2 Å². The summed E-state index contributed by atoms with van der Waals surface area (Å²) < 4.78 is 4.03. The van der Waals surface area contributed by atoms with Crippen LogP contribution in [0, 0.1) is 0 Å². The second-order valence-electron chi connectivity index (χ2n) is 5.01. The molecular weight excluding hydrogens is 332 g/mol. The summed E-state index contributed by atoms with van der Waals surface area (Å²) in [5.41, 5.74) is 0. The number of aryl methyl sites for hydroxylation is 2. The van der Waals surface area contributed by atoms with E-state index in [9.17, 15) is 10.2 Å². The van der Waals surface area contributed by atoms with Crippen LogP contribution >= 0.6 is 0 Å². The van der Waals surface area contributed by atoms with Crippen molar-refractivity contribution in [1.82, 2.24) is 0 Å². The molecule has 0 saturated carbocycles. The summed E-state index contributed by atoms with van der Waals surface area (Å²) in [5.74, 6) is 0.626. The van der Waals surface area contributed by atoms with Gasteiger partial charge in [0.05, 0.1) is 0 Å². The Morgan fingerprint density at radius 3 is 1.52 bits per heavy atom. The maximum atomic E-state index is 9.36. The highest BCUT2D eigenvalue weighted by atomic mass is 79.9. The number of unbranched alkanes of at least 4 members (excludes halogenated alkanes) is 3. The zero-order valence-corrected chi connectivity index (χ0v) is 13.6. The SMILES string of the molecule is Oc1ccc[n+](CCCCCC[n+]2cccc(O)c2)c1.[Br-]. The van der Waals surface area contributed by atoms with Crippen molar-refractivity contribution in [2.75, 3.05) is 0 Å². The fraction of sp³-hybridized carbons (Fsp3) is 0.375. The van der Waals surface area contributed by atoms with Crippen molar-refractivity contribution in [1.29, 1.82) is 0 Å². The van der Waals surface area contributed by atoms with Crippen LogP contribution in [-0.2, 0) is 13.1 Å². The molecule has 0 bridgehead atoms. The van der Waals surface area contributed by atoms with Crippen LogP contribution in [0.2, 0.25) is 0 Å². The Bertz CT molecular complexity index is 500. The average molecular weight is 354 g/mol. The molecule has 2 aromatic rings. The predicted octanol–water partition coefficient (Wildman–Crippen LogP) is -1.06. The Balaban J connectivity index is 0.00000220. The van der Waals surface area contributed by atoms with Crippen LogP contribution < -0.4 is 26.1 Å². The normalized spacial score (nSPS) is 10.1. The van der Waals surface area contributed by atoms with Gasteiger partial charge in [0.1, 0.15) is 13.1 Å². The number of aromatic nitrogens is 2. The third-order valence-electron chi connectivity index (χ3n) is 3.27. The maximum Gasteiger partial charge on any atom is 0.210 e. The first-order valence-electron chi connectivity index (χ1n) is 7.10. The predicted molar refractivity (Wildman–Crippen MR) is 75.1 cm³/mol. The fourth-order valence-electron chi connectivity index (χ4n) is 2.24. The van der Waals surface area contributed by atoms with E-state index in [-0.39, 0.29) is 17.0 Å².